The summed E-state index contributed by atoms with van der Waals surface area (Å²) < 4.78 is 2.23. The third-order valence-corrected chi connectivity index (χ3v) is 3.55. The second kappa shape index (κ2) is 3.73. The Morgan fingerprint density at radius 2 is 2.21 bits per heavy atom. The van der Waals surface area contributed by atoms with Crippen LogP contribution in [0.3, 0.4) is 0 Å². The van der Waals surface area contributed by atoms with Crippen LogP contribution in [0.25, 0.3) is 0 Å². The molecule has 1 fully saturated rings. The predicted octanol–water partition coefficient (Wildman–Crippen LogP) is 1.67. The molecule has 1 heterocycles. The van der Waals surface area contributed by atoms with Gasteiger partial charge in [-0.2, -0.15) is 0 Å². The smallest absolute Gasteiger partial charge is 0.0948 e. The Labute approximate surface area is 85.3 Å². The number of aromatic nitrogens is 2. The van der Waals surface area contributed by atoms with Crippen LogP contribution in [0.1, 0.15) is 38.3 Å². The Morgan fingerprint density at radius 1 is 1.50 bits per heavy atom. The zero-order chi connectivity index (χ0) is 10.0. The van der Waals surface area contributed by atoms with Crippen molar-refractivity contribution in [2.24, 2.45) is 5.73 Å². The van der Waals surface area contributed by atoms with Crippen LogP contribution < -0.4 is 5.73 Å². The van der Waals surface area contributed by atoms with Gasteiger partial charge in [-0.25, -0.2) is 4.98 Å². The Morgan fingerprint density at radius 3 is 2.79 bits per heavy atom. The van der Waals surface area contributed by atoms with Crippen LogP contribution in [0.5, 0.6) is 0 Å². The first-order chi connectivity index (χ1) is 6.82. The molecule has 1 aliphatic rings. The number of imidazole rings is 1. The zero-order valence-electron chi connectivity index (χ0n) is 8.87. The Kier molecular flexibility index (Phi) is 2.59. The lowest BCUT2D eigenvalue weighted by Crippen LogP contribution is -2.34. The van der Waals surface area contributed by atoms with Crippen molar-refractivity contribution in [3.05, 3.63) is 18.2 Å². The van der Waals surface area contributed by atoms with Crippen molar-refractivity contribution in [1.29, 1.82) is 0 Å². The van der Waals surface area contributed by atoms with Crippen LogP contribution in [0.15, 0.2) is 12.5 Å². The standard InChI is InChI=1S/C11H19N3/c1-2-14-9-13-7-10(14)11(8-12)5-3-4-6-11/h7,9H,2-6,8,12H2,1H3. The van der Waals surface area contributed by atoms with E-state index in [1.807, 2.05) is 12.5 Å². The fourth-order valence-corrected chi connectivity index (χ4v) is 2.63. The summed E-state index contributed by atoms with van der Waals surface area (Å²) in [5, 5.41) is 0. The molecule has 0 amide bonds. The van der Waals surface area contributed by atoms with Crippen molar-refractivity contribution >= 4 is 0 Å². The summed E-state index contributed by atoms with van der Waals surface area (Å²) in [6.07, 6.45) is 9.01. The average molecular weight is 193 g/mol. The largest absolute Gasteiger partial charge is 0.334 e. The molecule has 0 bridgehead atoms. The van der Waals surface area contributed by atoms with Gasteiger partial charge in [0.15, 0.2) is 0 Å². The van der Waals surface area contributed by atoms with Crippen molar-refractivity contribution in [2.45, 2.75) is 44.6 Å². The number of hydrogen-bond donors (Lipinski definition) is 1. The first kappa shape index (κ1) is 9.71. The molecule has 14 heavy (non-hydrogen) atoms. The van der Waals surface area contributed by atoms with E-state index in [9.17, 15) is 0 Å². The molecule has 0 saturated heterocycles. The van der Waals surface area contributed by atoms with Gasteiger partial charge in [0.2, 0.25) is 0 Å². The Bertz CT molecular complexity index is 297. The minimum Gasteiger partial charge on any atom is -0.334 e. The molecule has 2 rings (SSSR count). The van der Waals surface area contributed by atoms with E-state index < -0.39 is 0 Å². The quantitative estimate of drug-likeness (QED) is 0.793. The fraction of sp³-hybridized carbons (Fsp3) is 0.727. The van der Waals surface area contributed by atoms with Gasteiger partial charge < -0.3 is 10.3 Å². The van der Waals surface area contributed by atoms with E-state index in [0.29, 0.717) is 0 Å². The van der Waals surface area contributed by atoms with Crippen LogP contribution in [0.2, 0.25) is 0 Å². The van der Waals surface area contributed by atoms with Crippen LogP contribution in [0, 0.1) is 0 Å². The summed E-state index contributed by atoms with van der Waals surface area (Å²) in [5.41, 5.74) is 7.52. The van der Waals surface area contributed by atoms with E-state index in [-0.39, 0.29) is 5.41 Å². The first-order valence-corrected chi connectivity index (χ1v) is 5.53. The molecule has 1 aliphatic carbocycles. The fourth-order valence-electron chi connectivity index (χ4n) is 2.63. The average Bonchev–Trinajstić information content (AvgIpc) is 2.86. The molecule has 3 nitrogen and oxygen atoms in total. The maximum Gasteiger partial charge on any atom is 0.0948 e. The molecule has 2 N–H and O–H groups in total. The van der Waals surface area contributed by atoms with Crippen molar-refractivity contribution in [2.75, 3.05) is 6.54 Å². The van der Waals surface area contributed by atoms with E-state index in [2.05, 4.69) is 16.5 Å². The van der Waals surface area contributed by atoms with Gasteiger partial charge in [0.1, 0.15) is 0 Å². The van der Waals surface area contributed by atoms with Gasteiger partial charge >= 0.3 is 0 Å². The van der Waals surface area contributed by atoms with Crippen LogP contribution in [-0.2, 0) is 12.0 Å². The van der Waals surface area contributed by atoms with Crippen molar-refractivity contribution in [1.82, 2.24) is 9.55 Å². The molecule has 3 heteroatoms. The maximum absolute atomic E-state index is 5.94. The highest BCUT2D eigenvalue weighted by atomic mass is 15.1. The van der Waals surface area contributed by atoms with E-state index in [4.69, 9.17) is 5.73 Å². The van der Waals surface area contributed by atoms with Crippen LogP contribution >= 0.6 is 0 Å². The molecule has 78 valence electrons. The van der Waals surface area contributed by atoms with E-state index in [1.54, 1.807) is 0 Å². The topological polar surface area (TPSA) is 43.8 Å². The van der Waals surface area contributed by atoms with Gasteiger partial charge in [-0.1, -0.05) is 12.8 Å². The number of nitrogens with zero attached hydrogens (tertiary/aromatic N) is 2. The molecule has 0 aromatic carbocycles. The van der Waals surface area contributed by atoms with Gasteiger partial charge in [0.05, 0.1) is 6.33 Å². The van der Waals surface area contributed by atoms with Crippen molar-refractivity contribution in [3.63, 3.8) is 0 Å². The van der Waals surface area contributed by atoms with E-state index in [1.165, 1.54) is 31.4 Å². The van der Waals surface area contributed by atoms with Gasteiger partial charge in [-0.3, -0.25) is 0 Å². The molecule has 0 atom stereocenters. The SMILES string of the molecule is CCn1cncc1C1(CN)CCCC1. The lowest BCUT2D eigenvalue weighted by Gasteiger charge is -2.28. The summed E-state index contributed by atoms with van der Waals surface area (Å²) >= 11 is 0. The van der Waals surface area contributed by atoms with Crippen molar-refractivity contribution < 1.29 is 0 Å². The Hall–Kier alpha value is -0.830. The van der Waals surface area contributed by atoms with Crippen LogP contribution in [-0.4, -0.2) is 16.1 Å². The highest BCUT2D eigenvalue weighted by Crippen LogP contribution is 2.39. The highest BCUT2D eigenvalue weighted by molar-refractivity contribution is 5.18. The lowest BCUT2D eigenvalue weighted by molar-refractivity contribution is 0.419. The second-order valence-corrected chi connectivity index (χ2v) is 4.26. The molecule has 1 aromatic heterocycles. The van der Waals surface area contributed by atoms with E-state index in [0.717, 1.165) is 13.1 Å². The van der Waals surface area contributed by atoms with Gasteiger partial charge in [-0.15, -0.1) is 0 Å². The van der Waals surface area contributed by atoms with Gasteiger partial charge in [0, 0.05) is 30.4 Å². The summed E-state index contributed by atoms with van der Waals surface area (Å²) in [6.45, 7) is 3.92. The van der Waals surface area contributed by atoms with Crippen LogP contribution in [0.4, 0.5) is 0 Å². The van der Waals surface area contributed by atoms with E-state index >= 15 is 0 Å². The third kappa shape index (κ3) is 1.36. The minimum atomic E-state index is 0.229. The number of nitrogens with two attached hydrogens (primary N) is 1. The monoisotopic (exact) mass is 193 g/mol. The molecule has 1 saturated carbocycles. The number of hydrogen-bond acceptors (Lipinski definition) is 2. The predicted molar refractivity (Wildman–Crippen MR) is 57.1 cm³/mol. The lowest BCUT2D eigenvalue weighted by atomic mass is 9.83. The summed E-state index contributed by atoms with van der Waals surface area (Å²) in [6, 6.07) is 0. The number of rotatable bonds is 3. The second-order valence-electron chi connectivity index (χ2n) is 4.26. The summed E-state index contributed by atoms with van der Waals surface area (Å²) in [7, 11) is 0. The normalized spacial score (nSPS) is 20.1. The molecular weight excluding hydrogens is 174 g/mol. The highest BCUT2D eigenvalue weighted by Gasteiger charge is 2.36. The number of aryl methyl sites for hydroxylation is 1. The molecule has 0 aliphatic heterocycles. The molecule has 0 radical (unpaired) electrons. The third-order valence-electron chi connectivity index (χ3n) is 3.55. The molecule has 1 aromatic rings. The maximum atomic E-state index is 5.94. The summed E-state index contributed by atoms with van der Waals surface area (Å²) in [5.74, 6) is 0. The zero-order valence-corrected chi connectivity index (χ0v) is 8.87. The molecule has 0 unspecified atom stereocenters. The minimum absolute atomic E-state index is 0.229. The summed E-state index contributed by atoms with van der Waals surface area (Å²) in [4.78, 5) is 4.24. The van der Waals surface area contributed by atoms with Gasteiger partial charge in [-0.05, 0) is 19.8 Å². The molecular formula is C11H19N3. The molecule has 0 spiro atoms. The van der Waals surface area contributed by atoms with Gasteiger partial charge in [0.25, 0.3) is 0 Å². The van der Waals surface area contributed by atoms with Crippen molar-refractivity contribution in [3.8, 4) is 0 Å². The Balaban J connectivity index is 2.35. The first-order valence-electron chi connectivity index (χ1n) is 5.53.